The average molecular weight is 640 g/mol. The van der Waals surface area contributed by atoms with E-state index in [0.717, 1.165) is 24.6 Å². The maximum atomic E-state index is 11.1. The lowest BCUT2D eigenvalue weighted by atomic mass is 10.0. The summed E-state index contributed by atoms with van der Waals surface area (Å²) in [6.07, 6.45) is 7.39. The maximum absolute atomic E-state index is 11.1. The third kappa shape index (κ3) is 8.33. The molecule has 5 atom stereocenters. The minimum Gasteiger partial charge on any atom is -0.383 e. The van der Waals surface area contributed by atoms with Crippen molar-refractivity contribution in [1.82, 2.24) is 24.1 Å². The van der Waals surface area contributed by atoms with Gasteiger partial charge < -0.3 is 49.9 Å². The molecule has 0 saturated carbocycles. The van der Waals surface area contributed by atoms with Crippen molar-refractivity contribution in [3.8, 4) is 0 Å². The van der Waals surface area contributed by atoms with Crippen LogP contribution in [0, 0.1) is 5.92 Å². The molecule has 18 heteroatoms. The van der Waals surface area contributed by atoms with E-state index in [4.69, 9.17) is 40.0 Å². The lowest BCUT2D eigenvalue weighted by Crippen LogP contribution is -2.25. The first kappa shape index (κ1) is 32.9. The van der Waals surface area contributed by atoms with Gasteiger partial charge >= 0.3 is 6.72 Å². The lowest BCUT2D eigenvalue weighted by Gasteiger charge is -2.18. The Morgan fingerprint density at radius 1 is 1.26 bits per heavy atom. The normalized spacial score (nSPS) is 24.2. The minimum atomic E-state index is -3.66. The van der Waals surface area contributed by atoms with Crippen LogP contribution in [-0.2, 0) is 30.5 Å². The van der Waals surface area contributed by atoms with E-state index < -0.39 is 6.72 Å². The van der Waals surface area contributed by atoms with Crippen LogP contribution in [0.4, 0.5) is 11.6 Å². The van der Waals surface area contributed by atoms with E-state index in [1.807, 2.05) is 30.7 Å². The van der Waals surface area contributed by atoms with Crippen LogP contribution in [0.5, 0.6) is 0 Å². The van der Waals surface area contributed by atoms with Crippen molar-refractivity contribution in [2.45, 2.75) is 57.8 Å². The zero-order valence-corrected chi connectivity index (χ0v) is 25.9. The molecule has 7 N–H and O–H groups in total. The van der Waals surface area contributed by atoms with Gasteiger partial charge in [-0.25, -0.2) is 15.0 Å². The van der Waals surface area contributed by atoms with E-state index in [-0.39, 0.29) is 48.8 Å². The molecule has 16 nitrogen and oxygen atoms in total. The number of fused-ring (bicyclic) bond motifs is 1. The molecule has 236 valence electrons. The number of aldehydes is 1. The molecular formula is C25H38N9O7PS. The van der Waals surface area contributed by atoms with E-state index >= 15 is 0 Å². The Bertz CT molecular complexity index is 1460. The highest BCUT2D eigenvalue weighted by atomic mass is 32.5. The summed E-state index contributed by atoms with van der Waals surface area (Å²) in [7, 11) is 1.56. The van der Waals surface area contributed by atoms with Gasteiger partial charge in [0.25, 0.3) is 0 Å². The zero-order chi connectivity index (χ0) is 31.1. The van der Waals surface area contributed by atoms with Crippen molar-refractivity contribution < 1.29 is 33.3 Å². The molecule has 0 spiro atoms. The third-order valence-corrected chi connectivity index (χ3v) is 7.92. The summed E-state index contributed by atoms with van der Waals surface area (Å²) in [6, 6.07) is 1.85. The molecule has 0 amide bonds. The molecule has 3 aromatic heterocycles. The van der Waals surface area contributed by atoms with Crippen LogP contribution >= 0.6 is 6.72 Å². The van der Waals surface area contributed by atoms with Gasteiger partial charge in [-0.2, -0.15) is 0 Å². The van der Waals surface area contributed by atoms with E-state index in [1.54, 1.807) is 17.9 Å². The van der Waals surface area contributed by atoms with Crippen molar-refractivity contribution in [2.75, 3.05) is 37.9 Å². The van der Waals surface area contributed by atoms with Crippen LogP contribution in [-0.4, -0.2) is 85.2 Å². The van der Waals surface area contributed by atoms with E-state index in [2.05, 4.69) is 37.1 Å². The molecule has 2 saturated heterocycles. The highest BCUT2D eigenvalue weighted by Crippen LogP contribution is 2.41. The summed E-state index contributed by atoms with van der Waals surface area (Å²) in [5.74, 6) is 1.32. The van der Waals surface area contributed by atoms with Crippen LogP contribution in [0.25, 0.3) is 11.0 Å². The number of aromatic nitrogens is 5. The third-order valence-electron chi connectivity index (χ3n) is 7.12. The molecule has 5 heterocycles. The molecule has 43 heavy (non-hydrogen) atoms. The second-order valence-electron chi connectivity index (χ2n) is 10.0. The van der Waals surface area contributed by atoms with Gasteiger partial charge in [0.05, 0.1) is 37.1 Å². The standard InChI is InChI=1S/C13H21N5O3.C12H17N4O4PS/c1-3-20-7-9-4-5-11(21-9)18-8-16-10(6-19)12(18)17-13(14)15-2;1-7-4-10(20-9(7)5-19-21(17,18)22)16-3-2-8-11(13)14-6-15-12(8)16/h6,8-9,11H,3-5,7H2,1-2H3,(H3,14,15,17);2-3,6-7,9-10H,4-5H2,1H3,(H2,13,14,15)(H2,17,18,22). The Morgan fingerprint density at radius 3 is 2.74 bits per heavy atom. The molecule has 0 bridgehead atoms. The first-order chi connectivity index (χ1) is 20.5. The van der Waals surface area contributed by atoms with Crippen LogP contribution < -0.4 is 16.8 Å². The van der Waals surface area contributed by atoms with Gasteiger partial charge in [0.2, 0.25) is 0 Å². The molecule has 0 aliphatic carbocycles. The Hall–Kier alpha value is -3.02. The fourth-order valence-corrected chi connectivity index (χ4v) is 5.41. The molecule has 2 aliphatic heterocycles. The summed E-state index contributed by atoms with van der Waals surface area (Å²) in [5, 5.41) is 3.66. The van der Waals surface area contributed by atoms with Crippen LogP contribution in [0.15, 0.2) is 29.9 Å². The number of guanidine groups is 1. The fourth-order valence-electron chi connectivity index (χ4n) is 4.89. The second kappa shape index (κ2) is 14.6. The summed E-state index contributed by atoms with van der Waals surface area (Å²) in [4.78, 5) is 45.5. The van der Waals surface area contributed by atoms with Gasteiger partial charge in [0.15, 0.2) is 12.2 Å². The number of rotatable bonds is 10. The van der Waals surface area contributed by atoms with Crippen LogP contribution in [0.1, 0.15) is 56.1 Å². The van der Waals surface area contributed by atoms with Crippen molar-refractivity contribution >= 4 is 53.4 Å². The topological polar surface area (TPSA) is 219 Å². The molecule has 5 unspecified atom stereocenters. The van der Waals surface area contributed by atoms with Gasteiger partial charge in [-0.05, 0) is 50.0 Å². The largest absolute Gasteiger partial charge is 0.383 e. The first-order valence-corrected chi connectivity index (χ1v) is 16.3. The number of hydrogen-bond donors (Lipinski definition) is 5. The number of nitrogen functional groups attached to an aromatic ring is 1. The Balaban J connectivity index is 0.000000197. The smallest absolute Gasteiger partial charge is 0.321 e. The highest BCUT2D eigenvalue weighted by Gasteiger charge is 2.35. The maximum Gasteiger partial charge on any atom is 0.321 e. The predicted octanol–water partition coefficient (Wildman–Crippen LogP) is 1.93. The number of carbonyl (C=O) groups excluding carboxylic acids is 1. The number of nitrogens with one attached hydrogen (secondary N) is 1. The van der Waals surface area contributed by atoms with Gasteiger partial charge in [0.1, 0.15) is 41.8 Å². The summed E-state index contributed by atoms with van der Waals surface area (Å²) < 4.78 is 25.8. The number of aliphatic imine (C=N–C) groups is 1. The quantitative estimate of drug-likeness (QED) is 0.0926. The second-order valence-corrected chi connectivity index (χ2v) is 12.7. The van der Waals surface area contributed by atoms with Crippen molar-refractivity contribution in [3.63, 3.8) is 0 Å². The number of anilines is 2. The SMILES string of the molecule is CC1CC(n2ccc3c(N)ncnc32)OC1COP(O)(O)=S.CCOCC1CCC(n2cnc(C=O)c2NC(N)=NC)O1. The monoisotopic (exact) mass is 639 g/mol. The fraction of sp³-hybridized carbons (Fsp3) is 0.560. The first-order valence-electron chi connectivity index (χ1n) is 13.7. The van der Waals surface area contributed by atoms with Crippen molar-refractivity contribution in [3.05, 3.63) is 30.6 Å². The van der Waals surface area contributed by atoms with Crippen molar-refractivity contribution in [2.24, 2.45) is 16.6 Å². The average Bonchev–Trinajstić information content (AvgIpc) is 3.76. The number of nitrogens with zero attached hydrogens (tertiary/aromatic N) is 6. The predicted molar refractivity (Wildman–Crippen MR) is 163 cm³/mol. The van der Waals surface area contributed by atoms with Gasteiger partial charge in [-0.15, -0.1) is 0 Å². The van der Waals surface area contributed by atoms with Crippen LogP contribution in [0.3, 0.4) is 0 Å². The van der Waals surface area contributed by atoms with E-state index in [1.165, 1.54) is 6.33 Å². The minimum absolute atomic E-state index is 0.0538. The molecular weight excluding hydrogens is 601 g/mol. The Morgan fingerprint density at radius 2 is 2.05 bits per heavy atom. The Labute approximate surface area is 253 Å². The number of ether oxygens (including phenoxy) is 3. The number of carbonyl (C=O) groups is 1. The number of hydrogen-bond acceptors (Lipinski definition) is 11. The molecule has 2 fully saturated rings. The number of imidazole rings is 1. The summed E-state index contributed by atoms with van der Waals surface area (Å²) in [5.41, 5.74) is 12.5. The van der Waals surface area contributed by atoms with Gasteiger partial charge in [0, 0.05) is 19.9 Å². The Kier molecular flexibility index (Phi) is 11.2. The van der Waals surface area contributed by atoms with Gasteiger partial charge in [-0.3, -0.25) is 14.4 Å². The molecule has 3 aromatic rings. The van der Waals surface area contributed by atoms with Gasteiger partial charge in [-0.1, -0.05) is 6.92 Å². The molecule has 0 aromatic carbocycles. The lowest BCUT2D eigenvalue weighted by molar-refractivity contribution is -0.0383. The highest BCUT2D eigenvalue weighted by molar-refractivity contribution is 8.06. The van der Waals surface area contributed by atoms with Crippen LogP contribution in [0.2, 0.25) is 0 Å². The molecule has 5 rings (SSSR count). The zero-order valence-electron chi connectivity index (χ0n) is 24.1. The molecule has 0 radical (unpaired) electrons. The summed E-state index contributed by atoms with van der Waals surface area (Å²) in [6.45, 7) is 1.60. The molecule has 2 aliphatic rings. The van der Waals surface area contributed by atoms with Crippen molar-refractivity contribution in [1.29, 1.82) is 0 Å². The van der Waals surface area contributed by atoms with E-state index in [9.17, 15) is 4.79 Å². The van der Waals surface area contributed by atoms with E-state index in [0.29, 0.717) is 36.8 Å². The number of nitrogens with two attached hydrogens (primary N) is 2. The summed E-state index contributed by atoms with van der Waals surface area (Å²) >= 11 is 4.45.